The zero-order valence-electron chi connectivity index (χ0n) is 16.5. The highest BCUT2D eigenvalue weighted by Crippen LogP contribution is 2.38. The first-order chi connectivity index (χ1) is 13.5. The van der Waals surface area contributed by atoms with Gasteiger partial charge < -0.3 is 14.2 Å². The van der Waals surface area contributed by atoms with Gasteiger partial charge in [0.1, 0.15) is 5.58 Å². The lowest BCUT2D eigenvalue weighted by molar-refractivity contribution is -0.858. The van der Waals surface area contributed by atoms with E-state index in [1.165, 1.54) is 4.90 Å². The fourth-order valence-corrected chi connectivity index (χ4v) is 3.95. The van der Waals surface area contributed by atoms with Crippen LogP contribution in [-0.2, 0) is 0 Å². The number of amides is 1. The lowest BCUT2D eigenvalue weighted by atomic mass is 9.98. The van der Waals surface area contributed by atoms with Crippen molar-refractivity contribution in [1.29, 1.82) is 0 Å². The van der Waals surface area contributed by atoms with Gasteiger partial charge in [-0.05, 0) is 24.6 Å². The second kappa shape index (κ2) is 7.24. The van der Waals surface area contributed by atoms with Gasteiger partial charge in [0.05, 0.1) is 37.6 Å². The van der Waals surface area contributed by atoms with Gasteiger partial charge in [-0.25, -0.2) is 0 Å². The molecule has 1 aromatic heterocycles. The van der Waals surface area contributed by atoms with Crippen LogP contribution in [0.5, 0.6) is 0 Å². The average molecular weight is 377 g/mol. The SMILES string of the molecule is Cc1ccc2oc3c(c(=O)c2c1)[C@@H](c1ccccc1)N(CCC[NH+](C)C)C3=O. The summed E-state index contributed by atoms with van der Waals surface area (Å²) in [5.74, 6) is -0.00964. The first kappa shape index (κ1) is 18.4. The molecule has 0 fully saturated rings. The minimum atomic E-state index is -0.401. The Morgan fingerprint density at radius 2 is 1.82 bits per heavy atom. The van der Waals surface area contributed by atoms with Crippen LogP contribution in [0.2, 0.25) is 0 Å². The Kier molecular flexibility index (Phi) is 4.77. The molecule has 1 N–H and O–H groups in total. The highest BCUT2D eigenvalue weighted by atomic mass is 16.3. The molecule has 1 amide bonds. The molecule has 5 nitrogen and oxygen atoms in total. The average Bonchev–Trinajstić information content (AvgIpc) is 2.95. The van der Waals surface area contributed by atoms with Gasteiger partial charge in [0.25, 0.3) is 5.91 Å². The van der Waals surface area contributed by atoms with Crippen molar-refractivity contribution in [2.45, 2.75) is 19.4 Å². The molecule has 2 heterocycles. The molecule has 1 atom stereocenters. The first-order valence-electron chi connectivity index (χ1n) is 9.69. The predicted molar refractivity (Wildman–Crippen MR) is 109 cm³/mol. The number of rotatable bonds is 5. The molecule has 4 rings (SSSR count). The normalized spacial score (nSPS) is 16.2. The molecule has 144 valence electrons. The highest BCUT2D eigenvalue weighted by molar-refractivity contribution is 5.99. The molecular formula is C23H25N2O3+. The van der Waals surface area contributed by atoms with Crippen LogP contribution in [0.3, 0.4) is 0 Å². The van der Waals surface area contributed by atoms with Gasteiger partial charge in [-0.2, -0.15) is 0 Å². The highest BCUT2D eigenvalue weighted by Gasteiger charge is 2.42. The van der Waals surface area contributed by atoms with E-state index in [1.807, 2.05) is 49.4 Å². The Labute approximate surface area is 164 Å². The molecule has 28 heavy (non-hydrogen) atoms. The maximum atomic E-state index is 13.4. The summed E-state index contributed by atoms with van der Waals surface area (Å²) >= 11 is 0. The predicted octanol–water partition coefficient (Wildman–Crippen LogP) is 2.18. The molecule has 3 aromatic rings. The smallest absolute Gasteiger partial charge is 0.290 e. The van der Waals surface area contributed by atoms with Gasteiger partial charge in [0.15, 0.2) is 5.43 Å². The molecule has 5 heteroatoms. The summed E-state index contributed by atoms with van der Waals surface area (Å²) in [5.41, 5.74) is 2.75. The Morgan fingerprint density at radius 1 is 1.07 bits per heavy atom. The minimum Gasteiger partial charge on any atom is -0.450 e. The van der Waals surface area contributed by atoms with E-state index in [9.17, 15) is 9.59 Å². The topological polar surface area (TPSA) is 55.0 Å². The Balaban J connectivity index is 1.88. The summed E-state index contributed by atoms with van der Waals surface area (Å²) in [6.45, 7) is 3.48. The quantitative estimate of drug-likeness (QED) is 0.742. The minimum absolute atomic E-state index is 0.108. The van der Waals surface area contributed by atoms with Gasteiger partial charge in [-0.15, -0.1) is 0 Å². The molecule has 1 aliphatic heterocycles. The largest absolute Gasteiger partial charge is 0.450 e. The third-order valence-electron chi connectivity index (χ3n) is 5.31. The van der Waals surface area contributed by atoms with Crippen LogP contribution in [0.4, 0.5) is 0 Å². The molecular weight excluding hydrogens is 352 g/mol. The number of nitrogens with one attached hydrogen (secondary N) is 1. The van der Waals surface area contributed by atoms with Crippen LogP contribution < -0.4 is 10.3 Å². The zero-order chi connectivity index (χ0) is 19.8. The summed E-state index contributed by atoms with van der Waals surface area (Å²) in [6, 6.07) is 14.9. The molecule has 0 radical (unpaired) electrons. The van der Waals surface area contributed by atoms with Crippen molar-refractivity contribution < 1.29 is 14.1 Å². The van der Waals surface area contributed by atoms with Crippen molar-refractivity contribution in [3.8, 4) is 0 Å². The third kappa shape index (κ3) is 3.12. The Hall–Kier alpha value is -2.92. The molecule has 0 unspecified atom stereocenters. The summed E-state index contributed by atoms with van der Waals surface area (Å²) in [6.07, 6.45) is 0.859. The summed E-state index contributed by atoms with van der Waals surface area (Å²) in [5, 5.41) is 0.534. The van der Waals surface area contributed by atoms with E-state index in [0.29, 0.717) is 23.1 Å². The summed E-state index contributed by atoms with van der Waals surface area (Å²) in [7, 11) is 4.19. The number of hydrogen-bond acceptors (Lipinski definition) is 3. The second-order valence-electron chi connectivity index (χ2n) is 7.80. The number of quaternary nitrogens is 1. The van der Waals surface area contributed by atoms with Crippen molar-refractivity contribution >= 4 is 16.9 Å². The Morgan fingerprint density at radius 3 is 2.54 bits per heavy atom. The standard InChI is InChI=1S/C23H24N2O3/c1-15-10-11-18-17(14-15)21(26)19-20(16-8-5-4-6-9-16)25(13-7-12-24(2)3)23(27)22(19)28-18/h4-6,8-11,14,20H,7,12-13H2,1-3H3/p+1/t20-/m1/s1. The van der Waals surface area contributed by atoms with Gasteiger partial charge in [-0.1, -0.05) is 42.0 Å². The molecule has 0 spiro atoms. The van der Waals surface area contributed by atoms with Crippen LogP contribution >= 0.6 is 0 Å². The lowest BCUT2D eigenvalue weighted by Gasteiger charge is -2.25. The molecule has 0 aliphatic carbocycles. The van der Waals surface area contributed by atoms with Crippen LogP contribution in [-0.4, -0.2) is 38.0 Å². The summed E-state index contributed by atoms with van der Waals surface area (Å²) in [4.78, 5) is 29.7. The third-order valence-corrected chi connectivity index (χ3v) is 5.31. The van der Waals surface area contributed by atoms with E-state index in [2.05, 4.69) is 14.1 Å². The number of carbonyl (C=O) groups excluding carboxylic acids is 1. The van der Waals surface area contributed by atoms with Gasteiger partial charge in [0, 0.05) is 13.0 Å². The van der Waals surface area contributed by atoms with Crippen molar-refractivity contribution in [3.05, 3.63) is 81.2 Å². The Bertz CT molecular complexity index is 1090. The van der Waals surface area contributed by atoms with E-state index in [1.54, 1.807) is 11.0 Å². The number of benzene rings is 2. The van der Waals surface area contributed by atoms with Crippen LogP contribution in [0.1, 0.15) is 39.7 Å². The molecule has 0 bridgehead atoms. The molecule has 2 aromatic carbocycles. The van der Waals surface area contributed by atoms with E-state index in [-0.39, 0.29) is 17.1 Å². The fourth-order valence-electron chi connectivity index (χ4n) is 3.95. The van der Waals surface area contributed by atoms with E-state index in [0.717, 1.165) is 24.1 Å². The molecule has 0 saturated heterocycles. The zero-order valence-corrected chi connectivity index (χ0v) is 16.5. The number of aryl methyl sites for hydroxylation is 1. The maximum Gasteiger partial charge on any atom is 0.290 e. The first-order valence-corrected chi connectivity index (χ1v) is 9.69. The van der Waals surface area contributed by atoms with Crippen LogP contribution in [0, 0.1) is 6.92 Å². The van der Waals surface area contributed by atoms with Gasteiger partial charge >= 0.3 is 0 Å². The van der Waals surface area contributed by atoms with E-state index < -0.39 is 6.04 Å². The van der Waals surface area contributed by atoms with E-state index >= 15 is 0 Å². The number of hydrogen-bond donors (Lipinski definition) is 1. The van der Waals surface area contributed by atoms with Crippen LogP contribution in [0.15, 0.2) is 57.7 Å². The van der Waals surface area contributed by atoms with Gasteiger partial charge in [0.2, 0.25) is 5.76 Å². The van der Waals surface area contributed by atoms with Crippen molar-refractivity contribution in [1.82, 2.24) is 4.90 Å². The second-order valence-corrected chi connectivity index (χ2v) is 7.80. The molecule has 1 aliphatic rings. The van der Waals surface area contributed by atoms with Crippen molar-refractivity contribution in [2.24, 2.45) is 0 Å². The number of nitrogens with zero attached hydrogens (tertiary/aromatic N) is 1. The fraction of sp³-hybridized carbons (Fsp3) is 0.304. The number of fused-ring (bicyclic) bond motifs is 2. The number of carbonyl (C=O) groups is 1. The van der Waals surface area contributed by atoms with Crippen molar-refractivity contribution in [3.63, 3.8) is 0 Å². The van der Waals surface area contributed by atoms with Crippen molar-refractivity contribution in [2.75, 3.05) is 27.2 Å². The molecule has 0 saturated carbocycles. The monoisotopic (exact) mass is 377 g/mol. The summed E-state index contributed by atoms with van der Waals surface area (Å²) < 4.78 is 5.97. The van der Waals surface area contributed by atoms with E-state index in [4.69, 9.17) is 4.42 Å². The van der Waals surface area contributed by atoms with Crippen LogP contribution in [0.25, 0.3) is 11.0 Å². The lowest BCUT2D eigenvalue weighted by Crippen LogP contribution is -3.05. The maximum absolute atomic E-state index is 13.4. The van der Waals surface area contributed by atoms with Gasteiger partial charge in [-0.3, -0.25) is 9.59 Å².